The zero-order chi connectivity index (χ0) is 13.6. The SMILES string of the molecule is O=S(=O)(CC1CCCNC1)NCCC1CCCCO1. The molecule has 112 valence electrons. The second-order valence-electron chi connectivity index (χ2n) is 5.67. The van der Waals surface area contributed by atoms with Crippen molar-refractivity contribution in [2.75, 3.05) is 32.0 Å². The lowest BCUT2D eigenvalue weighted by Crippen LogP contribution is -2.38. The molecule has 2 fully saturated rings. The number of rotatable bonds is 6. The normalized spacial score (nSPS) is 29.3. The number of ether oxygens (including phenoxy) is 1. The fourth-order valence-corrected chi connectivity index (χ4v) is 4.30. The van der Waals surface area contributed by atoms with Crippen molar-refractivity contribution in [3.63, 3.8) is 0 Å². The molecular formula is C13H26N2O3S. The van der Waals surface area contributed by atoms with Crippen LogP contribution in [0, 0.1) is 5.92 Å². The zero-order valence-corrected chi connectivity index (χ0v) is 12.4. The first-order valence-corrected chi connectivity index (χ1v) is 9.10. The Bertz CT molecular complexity index is 347. The summed E-state index contributed by atoms with van der Waals surface area (Å²) in [5.74, 6) is 0.517. The summed E-state index contributed by atoms with van der Waals surface area (Å²) in [6.07, 6.45) is 6.53. The molecule has 2 saturated heterocycles. The van der Waals surface area contributed by atoms with Crippen molar-refractivity contribution in [3.05, 3.63) is 0 Å². The lowest BCUT2D eigenvalue weighted by Gasteiger charge is -2.24. The van der Waals surface area contributed by atoms with Crippen molar-refractivity contribution in [1.29, 1.82) is 0 Å². The summed E-state index contributed by atoms with van der Waals surface area (Å²) in [6, 6.07) is 0. The van der Waals surface area contributed by atoms with E-state index in [1.807, 2.05) is 0 Å². The molecule has 0 aliphatic carbocycles. The highest BCUT2D eigenvalue weighted by molar-refractivity contribution is 7.89. The second kappa shape index (κ2) is 7.57. The third-order valence-corrected chi connectivity index (χ3v) is 5.47. The van der Waals surface area contributed by atoms with Gasteiger partial charge in [-0.25, -0.2) is 13.1 Å². The van der Waals surface area contributed by atoms with E-state index in [1.165, 1.54) is 6.42 Å². The van der Waals surface area contributed by atoms with E-state index >= 15 is 0 Å². The van der Waals surface area contributed by atoms with Gasteiger partial charge >= 0.3 is 0 Å². The highest BCUT2D eigenvalue weighted by Crippen LogP contribution is 2.15. The Balaban J connectivity index is 1.65. The van der Waals surface area contributed by atoms with Crippen molar-refractivity contribution < 1.29 is 13.2 Å². The molecule has 0 aromatic carbocycles. The standard InChI is InChI=1S/C13H26N2O3S/c16-19(17,11-12-4-3-7-14-10-12)15-8-6-13-5-1-2-9-18-13/h12-15H,1-11H2. The maximum Gasteiger partial charge on any atom is 0.211 e. The fourth-order valence-electron chi connectivity index (χ4n) is 2.85. The minimum absolute atomic E-state index is 0.243. The second-order valence-corrected chi connectivity index (χ2v) is 7.52. The Labute approximate surface area is 116 Å². The van der Waals surface area contributed by atoms with Crippen LogP contribution >= 0.6 is 0 Å². The lowest BCUT2D eigenvalue weighted by atomic mass is 10.0. The van der Waals surface area contributed by atoms with Crippen LogP contribution in [0.5, 0.6) is 0 Å². The lowest BCUT2D eigenvalue weighted by molar-refractivity contribution is 0.0123. The van der Waals surface area contributed by atoms with Gasteiger partial charge in [0.25, 0.3) is 0 Å². The molecule has 2 N–H and O–H groups in total. The Hall–Kier alpha value is -0.170. The summed E-state index contributed by atoms with van der Waals surface area (Å²) in [4.78, 5) is 0. The van der Waals surface area contributed by atoms with Gasteiger partial charge in [-0.3, -0.25) is 0 Å². The van der Waals surface area contributed by atoms with Crippen LogP contribution in [0.3, 0.4) is 0 Å². The first-order chi connectivity index (χ1) is 9.16. The maximum atomic E-state index is 12.0. The average Bonchev–Trinajstić information content (AvgIpc) is 2.40. The molecule has 0 spiro atoms. The molecule has 0 amide bonds. The van der Waals surface area contributed by atoms with Crippen LogP contribution in [0.25, 0.3) is 0 Å². The number of sulfonamides is 1. The topological polar surface area (TPSA) is 67.4 Å². The minimum Gasteiger partial charge on any atom is -0.378 e. The molecule has 19 heavy (non-hydrogen) atoms. The Morgan fingerprint density at radius 1 is 1.21 bits per heavy atom. The number of piperidine rings is 1. The smallest absolute Gasteiger partial charge is 0.211 e. The van der Waals surface area contributed by atoms with Gasteiger partial charge in [0.05, 0.1) is 11.9 Å². The van der Waals surface area contributed by atoms with Gasteiger partial charge in [0.1, 0.15) is 0 Å². The fraction of sp³-hybridized carbons (Fsp3) is 1.00. The average molecular weight is 290 g/mol. The molecule has 6 heteroatoms. The summed E-state index contributed by atoms with van der Waals surface area (Å²) >= 11 is 0. The van der Waals surface area contributed by atoms with Crippen LogP contribution in [0.1, 0.15) is 38.5 Å². The van der Waals surface area contributed by atoms with Gasteiger partial charge in [-0.15, -0.1) is 0 Å². The molecule has 0 aromatic heterocycles. The van der Waals surface area contributed by atoms with Crippen LogP contribution in [0.4, 0.5) is 0 Å². The predicted molar refractivity (Wildman–Crippen MR) is 75.6 cm³/mol. The van der Waals surface area contributed by atoms with Gasteiger partial charge in [0.2, 0.25) is 10.0 Å². The van der Waals surface area contributed by atoms with E-state index < -0.39 is 10.0 Å². The van der Waals surface area contributed by atoms with Crippen molar-refractivity contribution in [2.45, 2.75) is 44.6 Å². The molecule has 2 heterocycles. The summed E-state index contributed by atoms with van der Waals surface area (Å²) in [5.41, 5.74) is 0. The van der Waals surface area contributed by atoms with Crippen molar-refractivity contribution >= 4 is 10.0 Å². The van der Waals surface area contributed by atoms with Crippen LogP contribution in [0.15, 0.2) is 0 Å². The molecule has 0 radical (unpaired) electrons. The van der Waals surface area contributed by atoms with Gasteiger partial charge in [0, 0.05) is 13.2 Å². The maximum absolute atomic E-state index is 12.0. The van der Waals surface area contributed by atoms with E-state index in [9.17, 15) is 8.42 Å². The third-order valence-electron chi connectivity index (χ3n) is 3.92. The van der Waals surface area contributed by atoms with Gasteiger partial charge in [-0.1, -0.05) is 0 Å². The highest BCUT2D eigenvalue weighted by atomic mass is 32.2. The van der Waals surface area contributed by atoms with Crippen LogP contribution in [-0.2, 0) is 14.8 Å². The van der Waals surface area contributed by atoms with E-state index in [-0.39, 0.29) is 17.8 Å². The Morgan fingerprint density at radius 2 is 2.11 bits per heavy atom. The molecule has 2 aliphatic heterocycles. The summed E-state index contributed by atoms with van der Waals surface area (Å²) < 4.78 is 32.2. The minimum atomic E-state index is -3.13. The van der Waals surface area contributed by atoms with Crippen LogP contribution < -0.4 is 10.0 Å². The van der Waals surface area contributed by atoms with Crippen molar-refractivity contribution in [2.24, 2.45) is 5.92 Å². The highest BCUT2D eigenvalue weighted by Gasteiger charge is 2.21. The summed E-state index contributed by atoms with van der Waals surface area (Å²) in [5, 5.41) is 3.25. The van der Waals surface area contributed by atoms with E-state index in [0.717, 1.165) is 51.8 Å². The largest absolute Gasteiger partial charge is 0.378 e. The van der Waals surface area contributed by atoms with Gasteiger partial charge in [-0.2, -0.15) is 0 Å². The van der Waals surface area contributed by atoms with E-state index in [2.05, 4.69) is 10.0 Å². The molecule has 0 saturated carbocycles. The quantitative estimate of drug-likeness (QED) is 0.761. The van der Waals surface area contributed by atoms with E-state index in [1.54, 1.807) is 0 Å². The number of nitrogens with one attached hydrogen (secondary N) is 2. The molecule has 2 rings (SSSR count). The Kier molecular flexibility index (Phi) is 6.06. The van der Waals surface area contributed by atoms with Crippen LogP contribution in [-0.4, -0.2) is 46.5 Å². The number of hydrogen-bond acceptors (Lipinski definition) is 4. The Morgan fingerprint density at radius 3 is 2.79 bits per heavy atom. The molecule has 2 aliphatic rings. The molecular weight excluding hydrogens is 264 g/mol. The first kappa shape index (κ1) is 15.2. The van der Waals surface area contributed by atoms with Crippen LogP contribution in [0.2, 0.25) is 0 Å². The molecule has 2 atom stereocenters. The molecule has 0 aromatic rings. The van der Waals surface area contributed by atoms with Gasteiger partial charge in [0.15, 0.2) is 0 Å². The zero-order valence-electron chi connectivity index (χ0n) is 11.6. The predicted octanol–water partition coefficient (Wildman–Crippen LogP) is 0.865. The molecule has 5 nitrogen and oxygen atoms in total. The summed E-state index contributed by atoms with van der Waals surface area (Å²) in [7, 11) is -3.13. The van der Waals surface area contributed by atoms with Crippen molar-refractivity contribution in [1.82, 2.24) is 10.0 Å². The monoisotopic (exact) mass is 290 g/mol. The number of hydrogen-bond donors (Lipinski definition) is 2. The van der Waals surface area contributed by atoms with Gasteiger partial charge < -0.3 is 10.1 Å². The first-order valence-electron chi connectivity index (χ1n) is 7.45. The molecule has 0 bridgehead atoms. The van der Waals surface area contributed by atoms with E-state index in [4.69, 9.17) is 4.74 Å². The van der Waals surface area contributed by atoms with Gasteiger partial charge in [-0.05, 0) is 57.5 Å². The van der Waals surface area contributed by atoms with Crippen molar-refractivity contribution in [3.8, 4) is 0 Å². The van der Waals surface area contributed by atoms with E-state index in [0.29, 0.717) is 6.54 Å². The summed E-state index contributed by atoms with van der Waals surface area (Å²) in [6.45, 7) is 3.17. The third kappa shape index (κ3) is 5.77. The molecule has 2 unspecified atom stereocenters.